The van der Waals surface area contributed by atoms with Gasteiger partial charge in [-0.15, -0.1) is 0 Å². The first-order chi connectivity index (χ1) is 11.8. The number of carbonyl (C=O) groups is 1. The molecule has 0 radical (unpaired) electrons. The van der Waals surface area contributed by atoms with Gasteiger partial charge < -0.3 is 4.74 Å². The number of nitriles is 1. The second-order valence-corrected chi connectivity index (χ2v) is 5.34. The van der Waals surface area contributed by atoms with E-state index in [0.717, 1.165) is 23.0 Å². The fraction of sp³-hybridized carbons (Fsp3) is 0.0476. The number of hydrogen-bond donors (Lipinski definition) is 0. The second-order valence-electron chi connectivity index (χ2n) is 5.34. The summed E-state index contributed by atoms with van der Waals surface area (Å²) in [4.78, 5) is 11.4. The normalized spacial score (nSPS) is 9.96. The van der Waals surface area contributed by atoms with Gasteiger partial charge in [0.1, 0.15) is 12.4 Å². The van der Waals surface area contributed by atoms with Gasteiger partial charge in [-0.05, 0) is 41.0 Å². The van der Waals surface area contributed by atoms with Crippen LogP contribution in [0.3, 0.4) is 0 Å². The van der Waals surface area contributed by atoms with Gasteiger partial charge in [-0.3, -0.25) is 4.79 Å². The van der Waals surface area contributed by atoms with Gasteiger partial charge in [-0.2, -0.15) is 5.26 Å². The van der Waals surface area contributed by atoms with Crippen LogP contribution in [0.2, 0.25) is 0 Å². The van der Waals surface area contributed by atoms with E-state index in [-0.39, 0.29) is 0 Å². The monoisotopic (exact) mass is 313 g/mol. The summed E-state index contributed by atoms with van der Waals surface area (Å²) >= 11 is 0. The van der Waals surface area contributed by atoms with Crippen molar-refractivity contribution in [1.29, 1.82) is 5.26 Å². The minimum absolute atomic E-state index is 0.408. The van der Waals surface area contributed by atoms with E-state index in [1.54, 1.807) is 24.3 Å². The first-order valence-corrected chi connectivity index (χ1v) is 7.56. The summed E-state index contributed by atoms with van der Waals surface area (Å²) in [6.45, 7) is 0.408. The van der Waals surface area contributed by atoms with Gasteiger partial charge >= 0.3 is 0 Å². The lowest BCUT2D eigenvalue weighted by Crippen LogP contribution is -1.98. The van der Waals surface area contributed by atoms with Crippen molar-refractivity contribution in [3.63, 3.8) is 0 Å². The van der Waals surface area contributed by atoms with E-state index < -0.39 is 0 Å². The molecule has 0 saturated heterocycles. The van der Waals surface area contributed by atoms with Crippen molar-refractivity contribution < 1.29 is 9.53 Å². The minimum Gasteiger partial charge on any atom is -0.488 e. The highest BCUT2D eigenvalue weighted by molar-refractivity contribution is 5.83. The number of hydrogen-bond acceptors (Lipinski definition) is 3. The lowest BCUT2D eigenvalue weighted by molar-refractivity contribution is 0.111. The molecule has 0 amide bonds. The Hall–Kier alpha value is -3.38. The third-order valence-corrected chi connectivity index (χ3v) is 3.70. The first-order valence-electron chi connectivity index (χ1n) is 7.56. The highest BCUT2D eigenvalue weighted by Gasteiger charge is 2.07. The van der Waals surface area contributed by atoms with Gasteiger partial charge in [0.25, 0.3) is 0 Å². The van der Waals surface area contributed by atoms with Crippen LogP contribution >= 0.6 is 0 Å². The van der Waals surface area contributed by atoms with Crippen LogP contribution < -0.4 is 4.74 Å². The number of rotatable bonds is 5. The average molecular weight is 313 g/mol. The summed E-state index contributed by atoms with van der Waals surface area (Å²) in [6, 6.07) is 24.7. The molecule has 0 atom stereocenters. The van der Waals surface area contributed by atoms with Crippen molar-refractivity contribution in [1.82, 2.24) is 0 Å². The van der Waals surface area contributed by atoms with Crippen LogP contribution in [-0.2, 0) is 6.61 Å². The van der Waals surface area contributed by atoms with Crippen molar-refractivity contribution in [2.75, 3.05) is 0 Å². The van der Waals surface area contributed by atoms with Crippen LogP contribution in [0.4, 0.5) is 0 Å². The number of ether oxygens (including phenoxy) is 1. The predicted molar refractivity (Wildman–Crippen MR) is 92.8 cm³/mol. The largest absolute Gasteiger partial charge is 0.488 e. The summed E-state index contributed by atoms with van der Waals surface area (Å²) in [6.07, 6.45) is 0.790. The molecule has 0 aromatic heterocycles. The Labute approximate surface area is 140 Å². The smallest absolute Gasteiger partial charge is 0.153 e. The number of benzene rings is 3. The fourth-order valence-electron chi connectivity index (χ4n) is 2.46. The van der Waals surface area contributed by atoms with Crippen LogP contribution in [0.25, 0.3) is 11.1 Å². The molecule has 0 spiro atoms. The molecule has 0 heterocycles. The van der Waals surface area contributed by atoms with E-state index in [0.29, 0.717) is 23.5 Å². The van der Waals surface area contributed by atoms with E-state index in [4.69, 9.17) is 10.00 Å². The maximum atomic E-state index is 11.4. The van der Waals surface area contributed by atoms with Gasteiger partial charge in [0, 0.05) is 0 Å². The molecule has 0 fully saturated rings. The van der Waals surface area contributed by atoms with Crippen LogP contribution in [0.15, 0.2) is 72.8 Å². The molecule has 3 nitrogen and oxygen atoms in total. The maximum absolute atomic E-state index is 11.4. The Morgan fingerprint density at radius 3 is 2.46 bits per heavy atom. The van der Waals surface area contributed by atoms with Gasteiger partial charge in [0.15, 0.2) is 6.29 Å². The Morgan fingerprint density at radius 1 is 0.917 bits per heavy atom. The van der Waals surface area contributed by atoms with Crippen molar-refractivity contribution in [3.8, 4) is 22.9 Å². The third-order valence-electron chi connectivity index (χ3n) is 3.70. The SMILES string of the molecule is N#Cc1cccc(-c2ccc(OCc3ccccc3)c(C=O)c2)c1. The molecule has 0 saturated carbocycles. The standard InChI is InChI=1S/C21H15NO2/c22-13-17-7-4-8-18(11-17)19-9-10-21(20(12-19)14-23)24-15-16-5-2-1-3-6-16/h1-12,14H,15H2. The number of carbonyl (C=O) groups excluding carboxylic acids is 1. The summed E-state index contributed by atoms with van der Waals surface area (Å²) in [5.74, 6) is 0.550. The number of nitrogens with zero attached hydrogens (tertiary/aromatic N) is 1. The molecule has 3 rings (SSSR count). The van der Waals surface area contributed by atoms with E-state index in [2.05, 4.69) is 6.07 Å². The van der Waals surface area contributed by atoms with Crippen molar-refractivity contribution in [2.45, 2.75) is 6.61 Å². The predicted octanol–water partition coefficient (Wildman–Crippen LogP) is 4.62. The van der Waals surface area contributed by atoms with Gasteiger partial charge in [0.2, 0.25) is 0 Å². The molecule has 0 aliphatic rings. The molecule has 116 valence electrons. The zero-order chi connectivity index (χ0) is 16.8. The van der Waals surface area contributed by atoms with E-state index in [1.807, 2.05) is 48.5 Å². The van der Waals surface area contributed by atoms with Gasteiger partial charge in [0.05, 0.1) is 17.2 Å². The van der Waals surface area contributed by atoms with Crippen molar-refractivity contribution in [2.24, 2.45) is 0 Å². The highest BCUT2D eigenvalue weighted by atomic mass is 16.5. The third kappa shape index (κ3) is 3.50. The van der Waals surface area contributed by atoms with Crippen molar-refractivity contribution >= 4 is 6.29 Å². The molecule has 0 N–H and O–H groups in total. The minimum atomic E-state index is 0.408. The lowest BCUT2D eigenvalue weighted by atomic mass is 10.0. The van der Waals surface area contributed by atoms with Crippen LogP contribution in [0, 0.1) is 11.3 Å². The van der Waals surface area contributed by atoms with E-state index >= 15 is 0 Å². The summed E-state index contributed by atoms with van der Waals surface area (Å²) in [5.41, 5.74) is 3.89. The zero-order valence-electron chi connectivity index (χ0n) is 13.0. The van der Waals surface area contributed by atoms with Crippen LogP contribution in [-0.4, -0.2) is 6.29 Å². The van der Waals surface area contributed by atoms with Gasteiger partial charge in [-0.25, -0.2) is 0 Å². The Bertz CT molecular complexity index is 895. The molecule has 0 bridgehead atoms. The molecule has 0 unspecified atom stereocenters. The molecular weight excluding hydrogens is 298 g/mol. The average Bonchev–Trinajstić information content (AvgIpc) is 2.67. The van der Waals surface area contributed by atoms with Crippen LogP contribution in [0.5, 0.6) is 5.75 Å². The first kappa shape index (κ1) is 15.5. The molecular formula is C21H15NO2. The second kappa shape index (κ2) is 7.26. The molecule has 3 heteroatoms. The fourth-order valence-corrected chi connectivity index (χ4v) is 2.46. The summed E-state index contributed by atoms with van der Waals surface area (Å²) < 4.78 is 5.77. The van der Waals surface area contributed by atoms with Crippen LogP contribution in [0.1, 0.15) is 21.5 Å². The Morgan fingerprint density at radius 2 is 1.71 bits per heavy atom. The zero-order valence-corrected chi connectivity index (χ0v) is 13.0. The summed E-state index contributed by atoms with van der Waals surface area (Å²) in [5, 5.41) is 9.01. The molecule has 0 aliphatic heterocycles. The summed E-state index contributed by atoms with van der Waals surface area (Å²) in [7, 11) is 0. The quantitative estimate of drug-likeness (QED) is 0.646. The Kier molecular flexibility index (Phi) is 4.69. The molecule has 3 aromatic carbocycles. The van der Waals surface area contributed by atoms with E-state index in [1.165, 1.54) is 0 Å². The van der Waals surface area contributed by atoms with Gasteiger partial charge in [-0.1, -0.05) is 48.5 Å². The van der Waals surface area contributed by atoms with E-state index in [9.17, 15) is 4.79 Å². The topological polar surface area (TPSA) is 50.1 Å². The Balaban J connectivity index is 1.85. The molecule has 3 aromatic rings. The maximum Gasteiger partial charge on any atom is 0.153 e. The van der Waals surface area contributed by atoms with Crippen molar-refractivity contribution in [3.05, 3.63) is 89.5 Å². The molecule has 24 heavy (non-hydrogen) atoms. The molecule has 0 aliphatic carbocycles. The highest BCUT2D eigenvalue weighted by Crippen LogP contribution is 2.27. The number of aldehydes is 1. The lowest BCUT2D eigenvalue weighted by Gasteiger charge is -2.10.